The molecule has 0 saturated heterocycles. The summed E-state index contributed by atoms with van der Waals surface area (Å²) in [7, 11) is 0. The van der Waals surface area contributed by atoms with Crippen LogP contribution in [0.5, 0.6) is 0 Å². The number of hydrogen-bond donors (Lipinski definition) is 1. The van der Waals surface area contributed by atoms with E-state index in [0.29, 0.717) is 5.56 Å². The van der Waals surface area contributed by atoms with Crippen molar-refractivity contribution in [3.05, 3.63) is 41.6 Å². The summed E-state index contributed by atoms with van der Waals surface area (Å²) in [5, 5.41) is 0. The Morgan fingerprint density at radius 1 is 1.08 bits per heavy atom. The fraction of sp³-hybridized carbons (Fsp3) is 0.111. The van der Waals surface area contributed by atoms with E-state index in [2.05, 4.69) is 0 Å². The topological polar surface area (TPSA) is 26.0 Å². The third-order valence-electron chi connectivity index (χ3n) is 1.53. The first-order chi connectivity index (χ1) is 6.04. The van der Waals surface area contributed by atoms with Gasteiger partial charge in [-0.25, -0.2) is 0 Å². The highest BCUT2D eigenvalue weighted by atomic mass is 19.4. The normalized spacial score (nSPS) is 12.2. The average molecular weight is 187 g/mol. The molecule has 1 aromatic rings. The third-order valence-corrected chi connectivity index (χ3v) is 1.53. The summed E-state index contributed by atoms with van der Waals surface area (Å²) in [6.07, 6.45) is -1.46. The van der Waals surface area contributed by atoms with Gasteiger partial charge < -0.3 is 5.73 Å². The van der Waals surface area contributed by atoms with Crippen LogP contribution in [-0.4, -0.2) is 0 Å². The first-order valence-corrected chi connectivity index (χ1v) is 3.59. The van der Waals surface area contributed by atoms with Gasteiger partial charge in [-0.1, -0.05) is 12.1 Å². The Hall–Kier alpha value is -1.45. The standard InChI is InChI=1S/C9H8F3N/c10-9(11,12)8-3-1-7(2-4-8)5-6-13/h1-6H,13H2. The van der Waals surface area contributed by atoms with Crippen LogP contribution in [0, 0.1) is 0 Å². The Bertz CT molecular complexity index is 298. The molecular formula is C9H8F3N. The number of nitrogens with two attached hydrogens (primary N) is 1. The lowest BCUT2D eigenvalue weighted by Gasteiger charge is -2.05. The highest BCUT2D eigenvalue weighted by Crippen LogP contribution is 2.29. The van der Waals surface area contributed by atoms with Gasteiger partial charge in [-0.3, -0.25) is 0 Å². The molecule has 4 heteroatoms. The van der Waals surface area contributed by atoms with Crippen LogP contribution in [0.2, 0.25) is 0 Å². The smallest absolute Gasteiger partial charge is 0.405 e. The lowest BCUT2D eigenvalue weighted by Crippen LogP contribution is -2.03. The molecule has 70 valence electrons. The van der Waals surface area contributed by atoms with Gasteiger partial charge in [-0.2, -0.15) is 13.2 Å². The number of alkyl halides is 3. The lowest BCUT2D eigenvalue weighted by molar-refractivity contribution is -0.137. The molecule has 1 aromatic carbocycles. The van der Waals surface area contributed by atoms with Crippen molar-refractivity contribution in [1.29, 1.82) is 0 Å². The fourth-order valence-corrected chi connectivity index (χ4v) is 0.894. The molecule has 0 saturated carbocycles. The highest BCUT2D eigenvalue weighted by molar-refractivity contribution is 5.49. The van der Waals surface area contributed by atoms with Crippen LogP contribution in [0.4, 0.5) is 13.2 Å². The molecule has 0 aliphatic rings. The summed E-state index contributed by atoms with van der Waals surface area (Å²) in [6.45, 7) is 0. The van der Waals surface area contributed by atoms with Crippen molar-refractivity contribution in [2.45, 2.75) is 6.18 Å². The summed E-state index contributed by atoms with van der Waals surface area (Å²) in [5.74, 6) is 0. The van der Waals surface area contributed by atoms with Crippen molar-refractivity contribution in [2.75, 3.05) is 0 Å². The van der Waals surface area contributed by atoms with E-state index in [-0.39, 0.29) is 0 Å². The molecule has 0 atom stereocenters. The van der Waals surface area contributed by atoms with Crippen LogP contribution in [0.15, 0.2) is 30.5 Å². The van der Waals surface area contributed by atoms with E-state index in [1.807, 2.05) is 0 Å². The Kier molecular flexibility index (Phi) is 2.60. The maximum atomic E-state index is 12.1. The maximum Gasteiger partial charge on any atom is 0.416 e. The lowest BCUT2D eigenvalue weighted by atomic mass is 10.1. The molecule has 2 N–H and O–H groups in total. The second-order valence-corrected chi connectivity index (χ2v) is 2.48. The van der Waals surface area contributed by atoms with E-state index in [1.54, 1.807) is 0 Å². The molecule has 0 aromatic heterocycles. The van der Waals surface area contributed by atoms with Crippen molar-refractivity contribution in [3.63, 3.8) is 0 Å². The van der Waals surface area contributed by atoms with Crippen LogP contribution in [0.25, 0.3) is 6.08 Å². The second-order valence-electron chi connectivity index (χ2n) is 2.48. The second kappa shape index (κ2) is 3.51. The maximum absolute atomic E-state index is 12.1. The quantitative estimate of drug-likeness (QED) is 0.718. The number of halogens is 3. The first kappa shape index (κ1) is 9.64. The molecular weight excluding hydrogens is 179 g/mol. The van der Waals surface area contributed by atoms with Gasteiger partial charge in [0.05, 0.1) is 5.56 Å². The molecule has 0 bridgehead atoms. The highest BCUT2D eigenvalue weighted by Gasteiger charge is 2.29. The fourth-order valence-electron chi connectivity index (χ4n) is 0.894. The van der Waals surface area contributed by atoms with Crippen molar-refractivity contribution >= 4 is 6.08 Å². The summed E-state index contributed by atoms with van der Waals surface area (Å²) in [5.41, 5.74) is 5.08. The molecule has 1 rings (SSSR count). The summed E-state index contributed by atoms with van der Waals surface area (Å²) < 4.78 is 36.2. The Labute approximate surface area is 73.7 Å². The molecule has 0 heterocycles. The van der Waals surface area contributed by atoms with Gasteiger partial charge in [0, 0.05) is 0 Å². The van der Waals surface area contributed by atoms with Gasteiger partial charge in [0.2, 0.25) is 0 Å². The van der Waals surface area contributed by atoms with E-state index in [1.165, 1.54) is 24.4 Å². The van der Waals surface area contributed by atoms with Gasteiger partial charge in [0.25, 0.3) is 0 Å². The predicted molar refractivity (Wildman–Crippen MR) is 44.7 cm³/mol. The zero-order valence-electron chi connectivity index (χ0n) is 6.68. The van der Waals surface area contributed by atoms with Crippen molar-refractivity contribution < 1.29 is 13.2 Å². The van der Waals surface area contributed by atoms with Gasteiger partial charge in [0.1, 0.15) is 0 Å². The zero-order chi connectivity index (χ0) is 9.90. The Morgan fingerprint density at radius 2 is 1.62 bits per heavy atom. The summed E-state index contributed by atoms with van der Waals surface area (Å²) in [6, 6.07) is 4.78. The van der Waals surface area contributed by atoms with Crippen LogP contribution in [-0.2, 0) is 6.18 Å². The first-order valence-electron chi connectivity index (χ1n) is 3.59. The summed E-state index contributed by atoms with van der Waals surface area (Å²) >= 11 is 0. The van der Waals surface area contributed by atoms with Crippen LogP contribution >= 0.6 is 0 Å². The Morgan fingerprint density at radius 3 is 2.00 bits per heavy atom. The molecule has 13 heavy (non-hydrogen) atoms. The largest absolute Gasteiger partial charge is 0.416 e. The van der Waals surface area contributed by atoms with Crippen molar-refractivity contribution in [3.8, 4) is 0 Å². The monoisotopic (exact) mass is 187 g/mol. The van der Waals surface area contributed by atoms with E-state index >= 15 is 0 Å². The van der Waals surface area contributed by atoms with Gasteiger partial charge >= 0.3 is 6.18 Å². The molecule has 0 unspecified atom stereocenters. The molecule has 0 aliphatic heterocycles. The molecule has 0 fully saturated rings. The van der Waals surface area contributed by atoms with E-state index in [9.17, 15) is 13.2 Å². The molecule has 0 amide bonds. The molecule has 0 spiro atoms. The minimum Gasteiger partial charge on any atom is -0.405 e. The van der Waals surface area contributed by atoms with Crippen LogP contribution in [0.1, 0.15) is 11.1 Å². The zero-order valence-corrected chi connectivity index (χ0v) is 6.68. The van der Waals surface area contributed by atoms with E-state index in [0.717, 1.165) is 12.1 Å². The number of rotatable bonds is 1. The van der Waals surface area contributed by atoms with E-state index in [4.69, 9.17) is 5.73 Å². The van der Waals surface area contributed by atoms with Gasteiger partial charge in [-0.15, -0.1) is 0 Å². The van der Waals surface area contributed by atoms with Crippen molar-refractivity contribution in [2.24, 2.45) is 5.73 Å². The third kappa shape index (κ3) is 2.50. The minimum absolute atomic E-state index is 0.649. The van der Waals surface area contributed by atoms with Crippen LogP contribution in [0.3, 0.4) is 0 Å². The minimum atomic E-state index is -4.27. The van der Waals surface area contributed by atoms with Gasteiger partial charge in [-0.05, 0) is 30.0 Å². The number of hydrogen-bond acceptors (Lipinski definition) is 1. The summed E-state index contributed by atoms with van der Waals surface area (Å²) in [4.78, 5) is 0. The SMILES string of the molecule is NC=Cc1ccc(C(F)(F)F)cc1. The Balaban J connectivity index is 2.94. The van der Waals surface area contributed by atoms with E-state index < -0.39 is 11.7 Å². The average Bonchev–Trinajstić information content (AvgIpc) is 2.04. The van der Waals surface area contributed by atoms with Gasteiger partial charge in [0.15, 0.2) is 0 Å². The number of benzene rings is 1. The molecule has 0 aliphatic carbocycles. The predicted octanol–water partition coefficient (Wildman–Crippen LogP) is 2.63. The molecule has 1 nitrogen and oxygen atoms in total. The van der Waals surface area contributed by atoms with Crippen molar-refractivity contribution in [1.82, 2.24) is 0 Å². The molecule has 0 radical (unpaired) electrons. The van der Waals surface area contributed by atoms with Crippen LogP contribution < -0.4 is 5.73 Å².